The van der Waals surface area contributed by atoms with Crippen LogP contribution in [0, 0.1) is 6.92 Å². The minimum atomic E-state index is 0.0485. The van der Waals surface area contributed by atoms with Crippen LogP contribution in [-0.2, 0) is 0 Å². The maximum absolute atomic E-state index is 12.1. The van der Waals surface area contributed by atoms with E-state index >= 15 is 0 Å². The molecule has 0 spiro atoms. The van der Waals surface area contributed by atoms with Gasteiger partial charge < -0.3 is 4.90 Å². The molecule has 0 aromatic carbocycles. The van der Waals surface area contributed by atoms with Crippen molar-refractivity contribution in [3.63, 3.8) is 0 Å². The van der Waals surface area contributed by atoms with Crippen molar-refractivity contribution < 1.29 is 4.79 Å². The number of amides is 1. The molecular weight excluding hydrogens is 202 g/mol. The summed E-state index contributed by atoms with van der Waals surface area (Å²) >= 11 is 0. The molecule has 86 valence electrons. The van der Waals surface area contributed by atoms with E-state index in [0.29, 0.717) is 11.5 Å². The molecule has 1 amide bonds. The zero-order valence-corrected chi connectivity index (χ0v) is 9.65. The predicted octanol–water partition coefficient (Wildman–Crippen LogP) is 1.80. The minimum Gasteiger partial charge on any atom is -0.337 e. The van der Waals surface area contributed by atoms with Crippen molar-refractivity contribution in [1.29, 1.82) is 0 Å². The van der Waals surface area contributed by atoms with Crippen LogP contribution in [0.2, 0.25) is 0 Å². The molecule has 1 aliphatic rings. The smallest absolute Gasteiger partial charge is 0.272 e. The van der Waals surface area contributed by atoms with Gasteiger partial charge >= 0.3 is 0 Å². The van der Waals surface area contributed by atoms with E-state index in [-0.39, 0.29) is 5.91 Å². The van der Waals surface area contributed by atoms with Crippen molar-refractivity contribution >= 4 is 5.91 Å². The van der Waals surface area contributed by atoms with E-state index in [1.165, 1.54) is 12.8 Å². The monoisotopic (exact) mass is 219 g/mol. The van der Waals surface area contributed by atoms with E-state index in [1.54, 1.807) is 19.2 Å². The summed E-state index contributed by atoms with van der Waals surface area (Å²) < 4.78 is 0. The molecule has 2 rings (SSSR count). The molecule has 0 saturated carbocycles. The van der Waals surface area contributed by atoms with Crippen LogP contribution in [0.4, 0.5) is 0 Å². The van der Waals surface area contributed by atoms with Crippen molar-refractivity contribution in [2.45, 2.75) is 32.6 Å². The average molecular weight is 219 g/mol. The SMILES string of the molecule is Cc1nccc(C(=O)N2CCCCCC2)n1. The normalized spacial score (nSPS) is 16.9. The third kappa shape index (κ3) is 2.56. The molecule has 0 atom stereocenters. The molecule has 4 nitrogen and oxygen atoms in total. The summed E-state index contributed by atoms with van der Waals surface area (Å²) in [5, 5.41) is 0. The Labute approximate surface area is 95.7 Å². The Hall–Kier alpha value is -1.45. The van der Waals surface area contributed by atoms with Gasteiger partial charge in [-0.2, -0.15) is 0 Å². The fourth-order valence-electron chi connectivity index (χ4n) is 2.01. The van der Waals surface area contributed by atoms with Gasteiger partial charge in [0.15, 0.2) is 0 Å². The van der Waals surface area contributed by atoms with Gasteiger partial charge in [-0.1, -0.05) is 12.8 Å². The summed E-state index contributed by atoms with van der Waals surface area (Å²) in [5.41, 5.74) is 0.523. The Bertz CT molecular complexity index is 370. The van der Waals surface area contributed by atoms with Gasteiger partial charge in [0.2, 0.25) is 0 Å². The molecule has 0 unspecified atom stereocenters. The van der Waals surface area contributed by atoms with Gasteiger partial charge in [0.1, 0.15) is 11.5 Å². The van der Waals surface area contributed by atoms with E-state index in [0.717, 1.165) is 25.9 Å². The Balaban J connectivity index is 2.11. The molecule has 4 heteroatoms. The maximum Gasteiger partial charge on any atom is 0.272 e. The highest BCUT2D eigenvalue weighted by Crippen LogP contribution is 2.12. The molecule has 0 N–H and O–H groups in total. The lowest BCUT2D eigenvalue weighted by atomic mass is 10.2. The first-order valence-corrected chi connectivity index (χ1v) is 5.86. The van der Waals surface area contributed by atoms with Gasteiger partial charge in [-0.05, 0) is 25.8 Å². The number of hydrogen-bond acceptors (Lipinski definition) is 3. The third-order valence-electron chi connectivity index (χ3n) is 2.89. The van der Waals surface area contributed by atoms with Crippen molar-refractivity contribution in [2.75, 3.05) is 13.1 Å². The second-order valence-electron chi connectivity index (χ2n) is 4.20. The van der Waals surface area contributed by atoms with E-state index in [2.05, 4.69) is 9.97 Å². The van der Waals surface area contributed by atoms with Gasteiger partial charge in [0.05, 0.1) is 0 Å². The Morgan fingerprint density at radius 1 is 1.25 bits per heavy atom. The number of rotatable bonds is 1. The Morgan fingerprint density at radius 3 is 2.56 bits per heavy atom. The Kier molecular flexibility index (Phi) is 3.49. The van der Waals surface area contributed by atoms with E-state index in [9.17, 15) is 4.79 Å². The van der Waals surface area contributed by atoms with E-state index in [1.807, 2.05) is 4.90 Å². The molecule has 1 saturated heterocycles. The average Bonchev–Trinajstić information content (AvgIpc) is 2.56. The topological polar surface area (TPSA) is 46.1 Å². The molecule has 1 aliphatic heterocycles. The second kappa shape index (κ2) is 5.05. The van der Waals surface area contributed by atoms with Gasteiger partial charge in [0.25, 0.3) is 5.91 Å². The van der Waals surface area contributed by atoms with E-state index < -0.39 is 0 Å². The number of carbonyl (C=O) groups excluding carboxylic acids is 1. The zero-order chi connectivity index (χ0) is 11.4. The summed E-state index contributed by atoms with van der Waals surface area (Å²) in [5.74, 6) is 0.702. The van der Waals surface area contributed by atoms with Crippen LogP contribution >= 0.6 is 0 Å². The summed E-state index contributed by atoms with van der Waals surface area (Å²) in [7, 11) is 0. The van der Waals surface area contributed by atoms with Crippen LogP contribution in [0.1, 0.15) is 42.0 Å². The fourth-order valence-corrected chi connectivity index (χ4v) is 2.01. The highest BCUT2D eigenvalue weighted by Gasteiger charge is 2.18. The van der Waals surface area contributed by atoms with Crippen molar-refractivity contribution in [2.24, 2.45) is 0 Å². The molecule has 0 bridgehead atoms. The molecule has 0 radical (unpaired) electrons. The lowest BCUT2D eigenvalue weighted by Crippen LogP contribution is -2.32. The number of hydrogen-bond donors (Lipinski definition) is 0. The van der Waals surface area contributed by atoms with Gasteiger partial charge in [-0.15, -0.1) is 0 Å². The molecule has 0 aliphatic carbocycles. The first kappa shape index (κ1) is 11.0. The molecule has 1 fully saturated rings. The number of aryl methyl sites for hydroxylation is 1. The molecule has 2 heterocycles. The fraction of sp³-hybridized carbons (Fsp3) is 0.583. The molecule has 1 aromatic heterocycles. The van der Waals surface area contributed by atoms with Crippen molar-refractivity contribution in [1.82, 2.24) is 14.9 Å². The number of nitrogens with zero attached hydrogens (tertiary/aromatic N) is 3. The van der Waals surface area contributed by atoms with E-state index in [4.69, 9.17) is 0 Å². The first-order chi connectivity index (χ1) is 7.77. The number of aromatic nitrogens is 2. The lowest BCUT2D eigenvalue weighted by Gasteiger charge is -2.19. The van der Waals surface area contributed by atoms with Gasteiger partial charge in [-0.25, -0.2) is 9.97 Å². The lowest BCUT2D eigenvalue weighted by molar-refractivity contribution is 0.0755. The van der Waals surface area contributed by atoms with Crippen LogP contribution < -0.4 is 0 Å². The van der Waals surface area contributed by atoms with Gasteiger partial charge in [0, 0.05) is 19.3 Å². The first-order valence-electron chi connectivity index (χ1n) is 5.86. The van der Waals surface area contributed by atoms with Crippen LogP contribution in [0.3, 0.4) is 0 Å². The van der Waals surface area contributed by atoms with Crippen LogP contribution in [0.25, 0.3) is 0 Å². The molecule has 16 heavy (non-hydrogen) atoms. The second-order valence-corrected chi connectivity index (χ2v) is 4.20. The maximum atomic E-state index is 12.1. The zero-order valence-electron chi connectivity index (χ0n) is 9.65. The predicted molar refractivity (Wildman–Crippen MR) is 61.1 cm³/mol. The summed E-state index contributed by atoms with van der Waals surface area (Å²) in [4.78, 5) is 22.2. The number of carbonyl (C=O) groups is 1. The number of likely N-dealkylation sites (tertiary alicyclic amines) is 1. The molecule has 1 aromatic rings. The van der Waals surface area contributed by atoms with Crippen LogP contribution in [0.15, 0.2) is 12.3 Å². The summed E-state index contributed by atoms with van der Waals surface area (Å²) in [6.07, 6.45) is 6.32. The van der Waals surface area contributed by atoms with Crippen LogP contribution in [-0.4, -0.2) is 33.9 Å². The van der Waals surface area contributed by atoms with Crippen molar-refractivity contribution in [3.8, 4) is 0 Å². The largest absolute Gasteiger partial charge is 0.337 e. The molecular formula is C12H17N3O. The van der Waals surface area contributed by atoms with Gasteiger partial charge in [-0.3, -0.25) is 4.79 Å². The van der Waals surface area contributed by atoms with Crippen LogP contribution in [0.5, 0.6) is 0 Å². The standard InChI is InChI=1S/C12H17N3O/c1-10-13-7-6-11(14-10)12(16)15-8-4-2-3-5-9-15/h6-7H,2-5,8-9H2,1H3. The summed E-state index contributed by atoms with van der Waals surface area (Å²) in [6, 6.07) is 1.69. The highest BCUT2D eigenvalue weighted by molar-refractivity contribution is 5.92. The quantitative estimate of drug-likeness (QED) is 0.723. The summed E-state index contributed by atoms with van der Waals surface area (Å²) in [6.45, 7) is 3.53. The minimum absolute atomic E-state index is 0.0485. The van der Waals surface area contributed by atoms with Crippen molar-refractivity contribution in [3.05, 3.63) is 23.8 Å². The highest BCUT2D eigenvalue weighted by atomic mass is 16.2. The Morgan fingerprint density at radius 2 is 1.94 bits per heavy atom. The third-order valence-corrected chi connectivity index (χ3v) is 2.89.